The fourth-order valence-corrected chi connectivity index (χ4v) is 2.02. The van der Waals surface area contributed by atoms with Crippen LogP contribution in [0.2, 0.25) is 0 Å². The molecule has 2 aromatic carbocycles. The number of benzene rings is 2. The number of carbonyl (C=O) groups excluding carboxylic acids is 2. The Morgan fingerprint density at radius 3 is 2.65 bits per heavy atom. The monoisotopic (exact) mass is 356 g/mol. The molecule has 4 N–H and O–H groups in total. The second-order valence-corrected chi connectivity index (χ2v) is 5.05. The molecule has 0 fully saturated rings. The van der Waals surface area contributed by atoms with Crippen LogP contribution in [0.1, 0.15) is 17.3 Å². The lowest BCUT2D eigenvalue weighted by atomic mass is 10.2. The third kappa shape index (κ3) is 5.91. The molecule has 0 saturated heterocycles. The highest BCUT2D eigenvalue weighted by Crippen LogP contribution is 2.18. The minimum atomic E-state index is -0.433. The minimum absolute atomic E-state index is 0.162. The van der Waals surface area contributed by atoms with E-state index in [1.54, 1.807) is 55.5 Å². The van der Waals surface area contributed by atoms with Crippen molar-refractivity contribution in [2.45, 2.75) is 6.92 Å². The molecule has 0 aromatic heterocycles. The van der Waals surface area contributed by atoms with Crippen LogP contribution < -0.4 is 21.3 Å². The molecule has 0 aliphatic carbocycles. The van der Waals surface area contributed by atoms with Gasteiger partial charge < -0.3 is 20.2 Å². The molecule has 2 aromatic rings. The number of hydrazine groups is 1. The van der Waals surface area contributed by atoms with E-state index in [9.17, 15) is 9.59 Å². The lowest BCUT2D eigenvalue weighted by molar-refractivity contribution is -0.145. The zero-order valence-electron chi connectivity index (χ0n) is 14.3. The number of amides is 1. The number of carbonyl (C=O) groups is 2. The van der Waals surface area contributed by atoms with Gasteiger partial charge in [0.25, 0.3) is 5.91 Å². The van der Waals surface area contributed by atoms with E-state index in [0.29, 0.717) is 29.3 Å². The SMILES string of the molecule is CCOC(=O)COc1ccc(NC(=O)c2cccc(N=CNN)c2)cc1. The van der Waals surface area contributed by atoms with Gasteiger partial charge in [0.2, 0.25) is 0 Å². The van der Waals surface area contributed by atoms with Crippen molar-refractivity contribution in [3.8, 4) is 5.75 Å². The molecular weight excluding hydrogens is 336 g/mol. The molecule has 136 valence electrons. The van der Waals surface area contributed by atoms with Crippen LogP contribution in [0, 0.1) is 0 Å². The fourth-order valence-electron chi connectivity index (χ4n) is 2.02. The minimum Gasteiger partial charge on any atom is -0.482 e. The highest BCUT2D eigenvalue weighted by molar-refractivity contribution is 6.04. The first-order chi connectivity index (χ1) is 12.6. The van der Waals surface area contributed by atoms with Gasteiger partial charge in [-0.15, -0.1) is 0 Å². The summed E-state index contributed by atoms with van der Waals surface area (Å²) in [7, 11) is 0. The number of esters is 1. The first-order valence-corrected chi connectivity index (χ1v) is 7.91. The van der Waals surface area contributed by atoms with E-state index in [1.165, 1.54) is 6.34 Å². The van der Waals surface area contributed by atoms with Gasteiger partial charge in [0.1, 0.15) is 12.1 Å². The number of aliphatic imine (C=N–C) groups is 1. The largest absolute Gasteiger partial charge is 0.482 e. The van der Waals surface area contributed by atoms with Crippen molar-refractivity contribution in [1.29, 1.82) is 0 Å². The van der Waals surface area contributed by atoms with E-state index >= 15 is 0 Å². The molecule has 2 rings (SSSR count). The van der Waals surface area contributed by atoms with E-state index in [-0.39, 0.29) is 12.5 Å². The smallest absolute Gasteiger partial charge is 0.344 e. The molecule has 8 heteroatoms. The summed E-state index contributed by atoms with van der Waals surface area (Å²) in [5, 5.41) is 2.78. The molecule has 0 bridgehead atoms. The molecule has 26 heavy (non-hydrogen) atoms. The maximum Gasteiger partial charge on any atom is 0.344 e. The normalized spacial score (nSPS) is 10.4. The molecule has 1 amide bonds. The molecular formula is C18H20N4O4. The van der Waals surface area contributed by atoms with Crippen LogP contribution in [0.15, 0.2) is 53.5 Å². The second kappa shape index (κ2) is 9.80. The fraction of sp³-hybridized carbons (Fsp3) is 0.167. The van der Waals surface area contributed by atoms with Gasteiger partial charge in [0.15, 0.2) is 6.61 Å². The Bertz CT molecular complexity index is 775. The Morgan fingerprint density at radius 1 is 1.19 bits per heavy atom. The van der Waals surface area contributed by atoms with Crippen LogP contribution in [-0.2, 0) is 9.53 Å². The number of rotatable bonds is 8. The maximum absolute atomic E-state index is 12.3. The molecule has 0 atom stereocenters. The molecule has 0 aliphatic heterocycles. The quantitative estimate of drug-likeness (QED) is 0.219. The van der Waals surface area contributed by atoms with Crippen LogP contribution in [-0.4, -0.2) is 31.4 Å². The van der Waals surface area contributed by atoms with E-state index < -0.39 is 5.97 Å². The molecule has 0 aliphatic rings. The van der Waals surface area contributed by atoms with Crippen molar-refractivity contribution in [2.75, 3.05) is 18.5 Å². The molecule has 8 nitrogen and oxygen atoms in total. The van der Waals surface area contributed by atoms with Crippen LogP contribution in [0.5, 0.6) is 5.75 Å². The van der Waals surface area contributed by atoms with Gasteiger partial charge in [-0.3, -0.25) is 4.79 Å². The van der Waals surface area contributed by atoms with Crippen molar-refractivity contribution in [3.05, 3.63) is 54.1 Å². The second-order valence-electron chi connectivity index (χ2n) is 5.05. The Morgan fingerprint density at radius 2 is 1.96 bits per heavy atom. The Kier molecular flexibility index (Phi) is 7.14. The van der Waals surface area contributed by atoms with Gasteiger partial charge in [-0.05, 0) is 49.4 Å². The van der Waals surface area contributed by atoms with E-state index in [2.05, 4.69) is 15.7 Å². The highest BCUT2D eigenvalue weighted by atomic mass is 16.6. The van der Waals surface area contributed by atoms with Crippen molar-refractivity contribution < 1.29 is 19.1 Å². The summed E-state index contributed by atoms with van der Waals surface area (Å²) in [6.07, 6.45) is 1.33. The number of ether oxygens (including phenoxy) is 2. The van der Waals surface area contributed by atoms with E-state index in [4.69, 9.17) is 15.3 Å². The van der Waals surface area contributed by atoms with Gasteiger partial charge in [-0.1, -0.05) is 6.07 Å². The number of hydrogen-bond acceptors (Lipinski definition) is 6. The van der Waals surface area contributed by atoms with Crippen LogP contribution >= 0.6 is 0 Å². The molecule has 0 unspecified atom stereocenters. The average molecular weight is 356 g/mol. The number of nitrogens with one attached hydrogen (secondary N) is 2. The van der Waals surface area contributed by atoms with Crippen LogP contribution in [0.25, 0.3) is 0 Å². The Hall–Kier alpha value is -3.39. The highest BCUT2D eigenvalue weighted by Gasteiger charge is 2.07. The summed E-state index contributed by atoms with van der Waals surface area (Å²) >= 11 is 0. The van der Waals surface area contributed by atoms with Crippen molar-refractivity contribution in [3.63, 3.8) is 0 Å². The summed E-state index contributed by atoms with van der Waals surface area (Å²) in [5.74, 6) is 4.92. The van der Waals surface area contributed by atoms with Gasteiger partial charge >= 0.3 is 5.97 Å². The molecule has 0 spiro atoms. The summed E-state index contributed by atoms with van der Waals surface area (Å²) in [6.45, 7) is 1.87. The van der Waals surface area contributed by atoms with Gasteiger partial charge in [-0.25, -0.2) is 15.6 Å². The van der Waals surface area contributed by atoms with Crippen molar-refractivity contribution in [1.82, 2.24) is 5.43 Å². The zero-order valence-corrected chi connectivity index (χ0v) is 14.3. The number of nitrogens with two attached hydrogens (primary N) is 1. The summed E-state index contributed by atoms with van der Waals surface area (Å²) in [6, 6.07) is 13.5. The molecule has 0 heterocycles. The maximum atomic E-state index is 12.3. The average Bonchev–Trinajstić information content (AvgIpc) is 2.66. The van der Waals surface area contributed by atoms with Gasteiger partial charge in [-0.2, -0.15) is 0 Å². The van der Waals surface area contributed by atoms with E-state index in [0.717, 1.165) is 0 Å². The lowest BCUT2D eigenvalue weighted by Gasteiger charge is -2.08. The zero-order chi connectivity index (χ0) is 18.8. The molecule has 0 radical (unpaired) electrons. The topological polar surface area (TPSA) is 115 Å². The number of hydrogen-bond donors (Lipinski definition) is 3. The third-order valence-corrected chi connectivity index (χ3v) is 3.17. The summed E-state index contributed by atoms with van der Waals surface area (Å²) in [4.78, 5) is 27.6. The third-order valence-electron chi connectivity index (χ3n) is 3.17. The lowest BCUT2D eigenvalue weighted by Crippen LogP contribution is -2.18. The van der Waals surface area contributed by atoms with Crippen molar-refractivity contribution >= 4 is 29.6 Å². The Balaban J connectivity index is 1.95. The van der Waals surface area contributed by atoms with E-state index in [1.807, 2.05) is 0 Å². The van der Waals surface area contributed by atoms with Crippen LogP contribution in [0.4, 0.5) is 11.4 Å². The summed E-state index contributed by atoms with van der Waals surface area (Å²) in [5.41, 5.74) is 3.95. The van der Waals surface area contributed by atoms with Crippen LogP contribution in [0.3, 0.4) is 0 Å². The van der Waals surface area contributed by atoms with Gasteiger partial charge in [0.05, 0.1) is 12.3 Å². The standard InChI is InChI=1S/C18H20N4O4/c1-2-25-17(23)11-26-16-8-6-14(7-9-16)22-18(24)13-4-3-5-15(10-13)20-12-21-19/h3-10,12H,2,11,19H2,1H3,(H,20,21)(H,22,24). The number of nitrogens with zero attached hydrogens (tertiary/aromatic N) is 1. The Labute approximate surface area is 151 Å². The predicted molar refractivity (Wildman–Crippen MR) is 98.4 cm³/mol. The van der Waals surface area contributed by atoms with Gasteiger partial charge in [0, 0.05) is 11.3 Å². The first kappa shape index (κ1) is 18.9. The summed E-state index contributed by atoms with van der Waals surface area (Å²) < 4.78 is 10.1. The number of anilines is 1. The predicted octanol–water partition coefficient (Wildman–Crippen LogP) is 2.00. The molecule has 0 saturated carbocycles. The first-order valence-electron chi connectivity index (χ1n) is 7.91. The van der Waals surface area contributed by atoms with Crippen molar-refractivity contribution in [2.24, 2.45) is 10.8 Å².